The molecule has 0 aromatic heterocycles. The molecule has 1 saturated heterocycles. The third kappa shape index (κ3) is 3.31. The number of aliphatic hydroxyl groups is 1. The van der Waals surface area contributed by atoms with Gasteiger partial charge in [-0.2, -0.15) is 0 Å². The summed E-state index contributed by atoms with van der Waals surface area (Å²) in [6.45, 7) is 0.690. The van der Waals surface area contributed by atoms with Gasteiger partial charge in [-0.15, -0.1) is 0 Å². The van der Waals surface area contributed by atoms with E-state index in [1.54, 1.807) is 22.6 Å². The van der Waals surface area contributed by atoms with Crippen molar-refractivity contribution in [3.63, 3.8) is 0 Å². The van der Waals surface area contributed by atoms with Gasteiger partial charge < -0.3 is 15.2 Å². The summed E-state index contributed by atoms with van der Waals surface area (Å²) in [5.41, 5.74) is -1.22. The second-order valence-electron chi connectivity index (χ2n) is 4.42. The lowest BCUT2D eigenvalue weighted by Gasteiger charge is -2.21. The molecule has 0 aliphatic carbocycles. The number of nitro benzene ring substituents is 1. The molecule has 104 valence electrons. The Morgan fingerprint density at radius 3 is 2.95 bits per heavy atom. The number of nitro groups is 1. The fraction of sp³-hybridized carbons (Fsp3) is 0.455. The van der Waals surface area contributed by atoms with Gasteiger partial charge in [0.1, 0.15) is 17.1 Å². The Kier molecular flexibility index (Phi) is 4.21. The number of ether oxygens (including phenoxy) is 1. The van der Waals surface area contributed by atoms with Gasteiger partial charge in [-0.05, 0) is 22.6 Å². The highest BCUT2D eigenvalue weighted by molar-refractivity contribution is 14.1. The van der Waals surface area contributed by atoms with Gasteiger partial charge >= 0.3 is 0 Å². The van der Waals surface area contributed by atoms with E-state index in [0.29, 0.717) is 13.0 Å². The van der Waals surface area contributed by atoms with Crippen LogP contribution in [-0.2, 0) is 4.74 Å². The molecule has 19 heavy (non-hydrogen) atoms. The molecule has 1 aliphatic rings. The number of rotatable bonds is 4. The van der Waals surface area contributed by atoms with Gasteiger partial charge in [0, 0.05) is 31.7 Å². The van der Waals surface area contributed by atoms with Gasteiger partial charge in [-0.3, -0.25) is 10.1 Å². The lowest BCUT2D eigenvalue weighted by Crippen LogP contribution is -2.37. The van der Waals surface area contributed by atoms with E-state index in [9.17, 15) is 19.6 Å². The van der Waals surface area contributed by atoms with Crippen molar-refractivity contribution in [1.82, 2.24) is 0 Å². The van der Waals surface area contributed by atoms with E-state index in [1.165, 1.54) is 0 Å². The number of hydrogen-bond donors (Lipinski definition) is 2. The highest BCUT2D eigenvalue weighted by Crippen LogP contribution is 2.29. The Bertz CT molecular complexity index is 506. The molecule has 1 atom stereocenters. The summed E-state index contributed by atoms with van der Waals surface area (Å²) in [4.78, 5) is 10.3. The van der Waals surface area contributed by atoms with E-state index in [1.807, 2.05) is 0 Å². The fourth-order valence-electron chi connectivity index (χ4n) is 1.82. The number of halogens is 2. The van der Waals surface area contributed by atoms with Crippen molar-refractivity contribution in [3.8, 4) is 0 Å². The molecule has 1 heterocycles. The van der Waals surface area contributed by atoms with E-state index in [0.717, 1.165) is 12.1 Å². The summed E-state index contributed by atoms with van der Waals surface area (Å²) in [5.74, 6) is -0.539. The molecular weight excluding hydrogens is 370 g/mol. The minimum Gasteiger partial charge on any atom is -0.386 e. The number of hydrogen-bond acceptors (Lipinski definition) is 5. The molecule has 0 bridgehead atoms. The van der Waals surface area contributed by atoms with Crippen LogP contribution in [-0.4, -0.2) is 35.4 Å². The second kappa shape index (κ2) is 5.55. The Labute approximate surface area is 122 Å². The first-order valence-corrected chi connectivity index (χ1v) is 6.67. The summed E-state index contributed by atoms with van der Waals surface area (Å²) >= 11 is 1.69. The predicted octanol–water partition coefficient (Wildman–Crippen LogP) is 1.90. The standard InChI is InChI=1S/C11H12FIN2O4/c12-7-3-9(10(15(17)18)4-8(7)13)14-5-11(16)1-2-19-6-11/h3-4,14,16H,1-2,5-6H2. The molecule has 6 nitrogen and oxygen atoms in total. The van der Waals surface area contributed by atoms with Crippen molar-refractivity contribution in [2.24, 2.45) is 0 Å². The minimum absolute atomic E-state index is 0.0586. The quantitative estimate of drug-likeness (QED) is 0.472. The molecule has 1 unspecified atom stereocenters. The molecule has 1 aromatic carbocycles. The highest BCUT2D eigenvalue weighted by Gasteiger charge is 2.32. The number of benzene rings is 1. The van der Waals surface area contributed by atoms with Crippen LogP contribution in [0.3, 0.4) is 0 Å². The zero-order valence-corrected chi connectivity index (χ0v) is 12.0. The van der Waals surface area contributed by atoms with Crippen molar-refractivity contribution < 1.29 is 19.2 Å². The summed E-state index contributed by atoms with van der Waals surface area (Å²) in [5, 5.41) is 23.7. The lowest BCUT2D eigenvalue weighted by atomic mass is 10.0. The largest absolute Gasteiger partial charge is 0.386 e. The molecule has 0 spiro atoms. The van der Waals surface area contributed by atoms with Gasteiger partial charge in [0.15, 0.2) is 0 Å². The number of anilines is 1. The predicted molar refractivity (Wildman–Crippen MR) is 74.6 cm³/mol. The maximum atomic E-state index is 13.5. The Hall–Kier alpha value is -1.00. The third-order valence-corrected chi connectivity index (χ3v) is 3.75. The molecule has 2 N–H and O–H groups in total. The molecule has 0 saturated carbocycles. The molecule has 0 radical (unpaired) electrons. The van der Waals surface area contributed by atoms with Gasteiger partial charge in [-0.1, -0.05) is 0 Å². The van der Waals surface area contributed by atoms with Crippen LogP contribution in [0, 0.1) is 19.5 Å². The van der Waals surface area contributed by atoms with Crippen molar-refractivity contribution in [1.29, 1.82) is 0 Å². The maximum absolute atomic E-state index is 13.5. The highest BCUT2D eigenvalue weighted by atomic mass is 127. The fourth-order valence-corrected chi connectivity index (χ4v) is 2.28. The van der Waals surface area contributed by atoms with Crippen LogP contribution >= 0.6 is 22.6 Å². The minimum atomic E-state index is -1.06. The summed E-state index contributed by atoms with van der Waals surface area (Å²) < 4.78 is 18.7. The van der Waals surface area contributed by atoms with E-state index in [-0.39, 0.29) is 28.1 Å². The van der Waals surface area contributed by atoms with Crippen LogP contribution in [0.2, 0.25) is 0 Å². The van der Waals surface area contributed by atoms with E-state index < -0.39 is 16.3 Å². The zero-order valence-electron chi connectivity index (χ0n) is 9.86. The summed E-state index contributed by atoms with van der Waals surface area (Å²) in [7, 11) is 0. The van der Waals surface area contributed by atoms with E-state index in [2.05, 4.69) is 5.32 Å². The number of nitrogens with one attached hydrogen (secondary N) is 1. The Morgan fingerprint density at radius 2 is 2.37 bits per heavy atom. The first-order chi connectivity index (χ1) is 8.91. The zero-order chi connectivity index (χ0) is 14.0. The molecule has 2 rings (SSSR count). The topological polar surface area (TPSA) is 84.6 Å². The van der Waals surface area contributed by atoms with Gasteiger partial charge in [-0.25, -0.2) is 4.39 Å². The van der Waals surface area contributed by atoms with Gasteiger partial charge in [0.2, 0.25) is 0 Å². The maximum Gasteiger partial charge on any atom is 0.293 e. The molecule has 8 heteroatoms. The molecular formula is C11H12FIN2O4. The van der Waals surface area contributed by atoms with Crippen LogP contribution in [0.1, 0.15) is 6.42 Å². The lowest BCUT2D eigenvalue weighted by molar-refractivity contribution is -0.384. The van der Waals surface area contributed by atoms with Gasteiger partial charge in [0.05, 0.1) is 15.1 Å². The Balaban J connectivity index is 2.19. The summed E-state index contributed by atoms with van der Waals surface area (Å²) in [6.07, 6.45) is 0.445. The van der Waals surface area contributed by atoms with Crippen LogP contribution in [0.5, 0.6) is 0 Å². The number of nitrogens with zero attached hydrogens (tertiary/aromatic N) is 1. The molecule has 1 aliphatic heterocycles. The Morgan fingerprint density at radius 1 is 1.63 bits per heavy atom. The van der Waals surface area contributed by atoms with Crippen LogP contribution in [0.25, 0.3) is 0 Å². The van der Waals surface area contributed by atoms with Crippen molar-refractivity contribution in [2.45, 2.75) is 12.0 Å². The first-order valence-electron chi connectivity index (χ1n) is 5.59. The average Bonchev–Trinajstić information content (AvgIpc) is 2.77. The van der Waals surface area contributed by atoms with E-state index in [4.69, 9.17) is 4.74 Å². The van der Waals surface area contributed by atoms with Gasteiger partial charge in [0.25, 0.3) is 5.69 Å². The van der Waals surface area contributed by atoms with E-state index >= 15 is 0 Å². The van der Waals surface area contributed by atoms with Crippen molar-refractivity contribution in [2.75, 3.05) is 25.1 Å². The SMILES string of the molecule is O=[N+]([O-])c1cc(I)c(F)cc1NCC1(O)CCOC1. The van der Waals surface area contributed by atoms with Crippen LogP contribution in [0.15, 0.2) is 12.1 Å². The third-order valence-electron chi connectivity index (χ3n) is 2.93. The first kappa shape index (κ1) is 14.4. The normalized spacial score (nSPS) is 22.5. The molecule has 1 fully saturated rings. The van der Waals surface area contributed by atoms with Crippen LogP contribution in [0.4, 0.5) is 15.8 Å². The second-order valence-corrected chi connectivity index (χ2v) is 5.58. The average molecular weight is 382 g/mol. The summed E-state index contributed by atoms with van der Waals surface area (Å²) in [6, 6.07) is 2.23. The molecule has 1 aromatic rings. The monoisotopic (exact) mass is 382 g/mol. The molecule has 0 amide bonds. The van der Waals surface area contributed by atoms with Crippen molar-refractivity contribution in [3.05, 3.63) is 31.6 Å². The van der Waals surface area contributed by atoms with Crippen molar-refractivity contribution >= 4 is 34.0 Å². The van der Waals surface area contributed by atoms with Crippen LogP contribution < -0.4 is 5.32 Å². The smallest absolute Gasteiger partial charge is 0.293 e.